The highest BCUT2D eigenvalue weighted by Gasteiger charge is 2.46. The summed E-state index contributed by atoms with van der Waals surface area (Å²) >= 11 is 0. The minimum atomic E-state index is -0.518. The second-order valence-electron chi connectivity index (χ2n) is 10.1. The number of ether oxygens (including phenoxy) is 2. The molecule has 3 amide bonds. The van der Waals surface area contributed by atoms with Gasteiger partial charge < -0.3 is 35.4 Å². The van der Waals surface area contributed by atoms with Gasteiger partial charge in [0.25, 0.3) is 0 Å². The minimum Gasteiger partial charge on any atom is -0.487 e. The fourth-order valence-corrected chi connectivity index (χ4v) is 5.60. The third-order valence-electron chi connectivity index (χ3n) is 7.40. The lowest BCUT2D eigenvalue weighted by Crippen LogP contribution is -2.47. The molecule has 5 rings (SSSR count). The number of nitrogens with one attached hydrogen (secondary N) is 3. The van der Waals surface area contributed by atoms with Crippen LogP contribution in [0.5, 0.6) is 5.75 Å². The van der Waals surface area contributed by atoms with Gasteiger partial charge in [-0.1, -0.05) is 24.6 Å². The lowest BCUT2D eigenvalue weighted by Gasteiger charge is -2.37. The number of anilines is 2. The molecule has 2 saturated heterocycles. The fraction of sp³-hybridized carbons (Fsp3) is 0.500. The quantitative estimate of drug-likeness (QED) is 0.435. The Hall–Kier alpha value is -3.14. The summed E-state index contributed by atoms with van der Waals surface area (Å²) in [6.07, 6.45) is 3.44. The average Bonchev–Trinajstić information content (AvgIpc) is 3.27. The summed E-state index contributed by atoms with van der Waals surface area (Å²) in [5.41, 5.74) is 2.31. The van der Waals surface area contributed by atoms with Gasteiger partial charge in [-0.05, 0) is 62.7 Å². The molecule has 3 aliphatic rings. The highest BCUT2D eigenvalue weighted by molar-refractivity contribution is 5.99. The number of carbonyl (C=O) groups is 2. The van der Waals surface area contributed by atoms with E-state index < -0.39 is 6.10 Å². The van der Waals surface area contributed by atoms with Crippen LogP contribution in [-0.4, -0.2) is 73.0 Å². The van der Waals surface area contributed by atoms with Gasteiger partial charge in [0.1, 0.15) is 18.0 Å². The second-order valence-corrected chi connectivity index (χ2v) is 10.1. The van der Waals surface area contributed by atoms with Crippen molar-refractivity contribution in [3.63, 3.8) is 0 Å². The van der Waals surface area contributed by atoms with Crippen molar-refractivity contribution in [1.29, 1.82) is 0 Å². The third kappa shape index (κ3) is 6.41. The van der Waals surface area contributed by atoms with Crippen molar-refractivity contribution in [1.82, 2.24) is 10.2 Å². The largest absolute Gasteiger partial charge is 0.487 e. The molecule has 37 heavy (non-hydrogen) atoms. The predicted molar refractivity (Wildman–Crippen MR) is 141 cm³/mol. The molecule has 4 N–H and O–H groups in total. The molecule has 2 fully saturated rings. The van der Waals surface area contributed by atoms with Crippen LogP contribution in [-0.2, 0) is 9.53 Å². The summed E-state index contributed by atoms with van der Waals surface area (Å²) < 4.78 is 12.2. The van der Waals surface area contributed by atoms with Crippen LogP contribution in [0.4, 0.5) is 16.2 Å². The SMILES string of the molecule is O=C(C[C@H]1C[C@H]2c3cc(NC(=O)Nc4ccccc4)ccc3O[C@H]2[C@@H](CO)O1)NCCN1CCCCC1. The van der Waals surface area contributed by atoms with E-state index in [4.69, 9.17) is 9.47 Å². The Balaban J connectivity index is 1.18. The van der Waals surface area contributed by atoms with Crippen LogP contribution in [0.1, 0.15) is 43.6 Å². The van der Waals surface area contributed by atoms with E-state index in [0.717, 1.165) is 30.9 Å². The Morgan fingerprint density at radius 3 is 2.57 bits per heavy atom. The van der Waals surface area contributed by atoms with Crippen molar-refractivity contribution < 1.29 is 24.2 Å². The van der Waals surface area contributed by atoms with Gasteiger partial charge in [0.05, 0.1) is 19.1 Å². The zero-order valence-corrected chi connectivity index (χ0v) is 21.0. The van der Waals surface area contributed by atoms with Gasteiger partial charge in [-0.3, -0.25) is 4.79 Å². The van der Waals surface area contributed by atoms with Crippen LogP contribution < -0.4 is 20.7 Å². The number of amides is 3. The van der Waals surface area contributed by atoms with E-state index in [1.807, 2.05) is 42.5 Å². The number of nitrogens with zero attached hydrogens (tertiary/aromatic N) is 1. The molecule has 0 spiro atoms. The van der Waals surface area contributed by atoms with Crippen LogP contribution >= 0.6 is 0 Å². The van der Waals surface area contributed by atoms with Crippen LogP contribution in [0.25, 0.3) is 0 Å². The molecule has 0 bridgehead atoms. The van der Waals surface area contributed by atoms with E-state index in [9.17, 15) is 14.7 Å². The molecule has 198 valence electrons. The summed E-state index contributed by atoms with van der Waals surface area (Å²) in [4.78, 5) is 27.5. The molecular formula is C28H36N4O5. The molecule has 3 heterocycles. The smallest absolute Gasteiger partial charge is 0.323 e. The standard InChI is InChI=1S/C28H36N4O5/c33-18-25-27-23(16-21(36-25)17-26(34)29-11-14-32-12-5-2-6-13-32)22-15-20(9-10-24(22)37-27)31-28(35)30-19-7-3-1-4-8-19/h1,3-4,7-10,15,21,23,25,27,33H,2,5-6,11-14,16-18H2,(H,29,34)(H2,30,31,35)/t21-,23+,25-,27-/m1/s1. The van der Waals surface area contributed by atoms with Crippen molar-refractivity contribution in [2.24, 2.45) is 0 Å². The molecule has 9 heteroatoms. The molecule has 3 aliphatic heterocycles. The van der Waals surface area contributed by atoms with Crippen molar-refractivity contribution in [2.45, 2.75) is 56.3 Å². The van der Waals surface area contributed by atoms with Crippen LogP contribution in [0.15, 0.2) is 48.5 Å². The molecule has 9 nitrogen and oxygen atoms in total. The number of para-hydroxylation sites is 1. The number of piperidine rings is 1. The maximum Gasteiger partial charge on any atom is 0.323 e. The Bertz CT molecular complexity index is 1080. The summed E-state index contributed by atoms with van der Waals surface area (Å²) in [5.74, 6) is 0.646. The number of hydrogen-bond acceptors (Lipinski definition) is 6. The number of likely N-dealkylation sites (tertiary alicyclic amines) is 1. The highest BCUT2D eigenvalue weighted by atomic mass is 16.6. The molecule has 0 saturated carbocycles. The maximum absolute atomic E-state index is 12.7. The highest BCUT2D eigenvalue weighted by Crippen LogP contribution is 2.47. The van der Waals surface area contributed by atoms with Gasteiger partial charge in [-0.2, -0.15) is 0 Å². The van der Waals surface area contributed by atoms with Crippen LogP contribution in [0.3, 0.4) is 0 Å². The number of fused-ring (bicyclic) bond motifs is 3. The zero-order valence-electron chi connectivity index (χ0n) is 21.0. The molecule has 2 aromatic carbocycles. The molecule has 0 unspecified atom stereocenters. The lowest BCUT2D eigenvalue weighted by atomic mass is 9.84. The van der Waals surface area contributed by atoms with Crippen molar-refractivity contribution >= 4 is 23.3 Å². The Morgan fingerprint density at radius 2 is 1.78 bits per heavy atom. The Morgan fingerprint density at radius 1 is 1.00 bits per heavy atom. The topological polar surface area (TPSA) is 112 Å². The second kappa shape index (κ2) is 11.9. The first-order valence-corrected chi connectivity index (χ1v) is 13.3. The van der Waals surface area contributed by atoms with E-state index in [1.54, 1.807) is 6.07 Å². The number of urea groups is 1. The molecule has 2 aromatic rings. The average molecular weight is 509 g/mol. The summed E-state index contributed by atoms with van der Waals surface area (Å²) in [5, 5.41) is 18.7. The summed E-state index contributed by atoms with van der Waals surface area (Å²) in [7, 11) is 0. The monoisotopic (exact) mass is 508 g/mol. The molecular weight excluding hydrogens is 472 g/mol. The molecule has 4 atom stereocenters. The van der Waals surface area contributed by atoms with Crippen LogP contribution in [0, 0.1) is 0 Å². The minimum absolute atomic E-state index is 0.0361. The number of hydrogen-bond donors (Lipinski definition) is 4. The number of aliphatic hydroxyl groups excluding tert-OH is 1. The Labute approximate surface area is 217 Å². The van der Waals surface area contributed by atoms with Gasteiger partial charge >= 0.3 is 6.03 Å². The van der Waals surface area contributed by atoms with E-state index in [2.05, 4.69) is 20.9 Å². The first-order chi connectivity index (χ1) is 18.1. The van der Waals surface area contributed by atoms with E-state index in [0.29, 0.717) is 24.3 Å². The van der Waals surface area contributed by atoms with Crippen molar-refractivity contribution in [3.8, 4) is 5.75 Å². The van der Waals surface area contributed by atoms with E-state index in [1.165, 1.54) is 19.3 Å². The number of benzene rings is 2. The van der Waals surface area contributed by atoms with Gasteiger partial charge in [-0.15, -0.1) is 0 Å². The predicted octanol–water partition coefficient (Wildman–Crippen LogP) is 3.32. The van der Waals surface area contributed by atoms with Gasteiger partial charge in [-0.25, -0.2) is 4.79 Å². The number of carbonyl (C=O) groups excluding carboxylic acids is 2. The summed E-state index contributed by atoms with van der Waals surface area (Å²) in [6, 6.07) is 14.5. The Kier molecular flexibility index (Phi) is 8.23. The maximum atomic E-state index is 12.7. The first kappa shape index (κ1) is 25.5. The van der Waals surface area contributed by atoms with Crippen molar-refractivity contribution in [3.05, 3.63) is 54.1 Å². The van der Waals surface area contributed by atoms with E-state index >= 15 is 0 Å². The van der Waals surface area contributed by atoms with Gasteiger partial charge in [0.2, 0.25) is 5.91 Å². The number of aliphatic hydroxyl groups is 1. The fourth-order valence-electron chi connectivity index (χ4n) is 5.60. The van der Waals surface area contributed by atoms with Crippen molar-refractivity contribution in [2.75, 3.05) is 43.4 Å². The van der Waals surface area contributed by atoms with Crippen LogP contribution in [0.2, 0.25) is 0 Å². The number of rotatable bonds is 8. The van der Waals surface area contributed by atoms with Gasteiger partial charge in [0, 0.05) is 35.9 Å². The molecule has 0 aliphatic carbocycles. The molecule has 0 radical (unpaired) electrons. The first-order valence-electron chi connectivity index (χ1n) is 13.3. The lowest BCUT2D eigenvalue weighted by molar-refractivity contribution is -0.142. The van der Waals surface area contributed by atoms with Gasteiger partial charge in [0.15, 0.2) is 0 Å². The summed E-state index contributed by atoms with van der Waals surface area (Å²) in [6.45, 7) is 3.52. The molecule has 0 aromatic heterocycles. The zero-order chi connectivity index (χ0) is 25.6. The van der Waals surface area contributed by atoms with E-state index in [-0.39, 0.29) is 43.1 Å². The third-order valence-corrected chi connectivity index (χ3v) is 7.40. The normalized spacial score (nSPS) is 24.9.